The van der Waals surface area contributed by atoms with E-state index in [0.717, 1.165) is 25.0 Å². The Kier molecular flexibility index (Phi) is 4.30. The monoisotopic (exact) mass is 246 g/mol. The van der Waals surface area contributed by atoms with Crippen LogP contribution in [0.4, 0.5) is 0 Å². The minimum Gasteiger partial charge on any atom is -0.351 e. The van der Waals surface area contributed by atoms with Crippen LogP contribution < -0.4 is 10.6 Å². The van der Waals surface area contributed by atoms with Crippen LogP contribution in [0, 0.1) is 0 Å². The van der Waals surface area contributed by atoms with Crippen molar-refractivity contribution in [3.05, 3.63) is 36.2 Å². The number of aromatic nitrogens is 2. The second kappa shape index (κ2) is 6.16. The van der Waals surface area contributed by atoms with E-state index >= 15 is 0 Å². The molecule has 5 heteroatoms. The van der Waals surface area contributed by atoms with Crippen molar-refractivity contribution in [2.75, 3.05) is 19.6 Å². The molecular weight excluding hydrogens is 228 g/mol. The Hall–Kier alpha value is -1.88. The smallest absolute Gasteiger partial charge is 0.255 e. The molecule has 0 saturated carbocycles. The van der Waals surface area contributed by atoms with Gasteiger partial charge >= 0.3 is 0 Å². The molecular formula is C13H18N4O. The molecule has 0 fully saturated rings. The van der Waals surface area contributed by atoms with Crippen LogP contribution >= 0.6 is 0 Å². The fourth-order valence-electron chi connectivity index (χ4n) is 1.77. The van der Waals surface area contributed by atoms with E-state index in [-0.39, 0.29) is 5.91 Å². The van der Waals surface area contributed by atoms with Gasteiger partial charge in [-0.05, 0) is 25.1 Å². The number of rotatable bonds is 6. The van der Waals surface area contributed by atoms with Crippen molar-refractivity contribution in [3.63, 3.8) is 0 Å². The van der Waals surface area contributed by atoms with Crippen molar-refractivity contribution in [1.82, 2.24) is 20.2 Å². The molecule has 0 aromatic carbocycles. The molecule has 1 amide bonds. The quantitative estimate of drug-likeness (QED) is 0.749. The highest BCUT2D eigenvalue weighted by atomic mass is 16.1. The van der Waals surface area contributed by atoms with E-state index in [4.69, 9.17) is 0 Å². The summed E-state index contributed by atoms with van der Waals surface area (Å²) in [5.74, 6) is -0.0745. The summed E-state index contributed by atoms with van der Waals surface area (Å²) in [6, 6.07) is 5.67. The zero-order valence-corrected chi connectivity index (χ0v) is 10.5. The third kappa shape index (κ3) is 2.87. The Morgan fingerprint density at radius 1 is 1.33 bits per heavy atom. The number of fused-ring (bicyclic) bond motifs is 1. The molecule has 2 N–H and O–H groups in total. The molecule has 0 unspecified atom stereocenters. The summed E-state index contributed by atoms with van der Waals surface area (Å²) in [7, 11) is 0. The van der Waals surface area contributed by atoms with Gasteiger partial charge in [-0.3, -0.25) is 4.79 Å². The van der Waals surface area contributed by atoms with Crippen molar-refractivity contribution < 1.29 is 4.79 Å². The maximum Gasteiger partial charge on any atom is 0.255 e. The lowest BCUT2D eigenvalue weighted by Crippen LogP contribution is -2.32. The predicted molar refractivity (Wildman–Crippen MR) is 70.7 cm³/mol. The molecule has 2 heterocycles. The Labute approximate surface area is 106 Å². The van der Waals surface area contributed by atoms with E-state index in [1.807, 2.05) is 24.4 Å². The highest BCUT2D eigenvalue weighted by molar-refractivity contribution is 6.00. The zero-order valence-electron chi connectivity index (χ0n) is 10.5. The lowest BCUT2D eigenvalue weighted by molar-refractivity contribution is 0.0955. The molecule has 0 saturated heterocycles. The van der Waals surface area contributed by atoms with Gasteiger partial charge in [0.2, 0.25) is 0 Å². The third-order valence-electron chi connectivity index (χ3n) is 2.69. The van der Waals surface area contributed by atoms with Gasteiger partial charge in [-0.25, -0.2) is 4.52 Å². The molecule has 0 radical (unpaired) electrons. The summed E-state index contributed by atoms with van der Waals surface area (Å²) in [5, 5.41) is 10.3. The summed E-state index contributed by atoms with van der Waals surface area (Å²) >= 11 is 0. The van der Waals surface area contributed by atoms with E-state index in [1.54, 1.807) is 10.7 Å². The fourth-order valence-corrected chi connectivity index (χ4v) is 1.77. The van der Waals surface area contributed by atoms with Crippen LogP contribution in [0.25, 0.3) is 5.52 Å². The standard InChI is InChI=1S/C13H18N4O/c1-2-6-14-7-8-15-13(18)11-10-16-17-9-4-3-5-12(11)17/h3-5,9-10,14H,2,6-8H2,1H3,(H,15,18). The highest BCUT2D eigenvalue weighted by Gasteiger charge is 2.10. The minimum atomic E-state index is -0.0745. The average Bonchev–Trinajstić information content (AvgIpc) is 2.82. The highest BCUT2D eigenvalue weighted by Crippen LogP contribution is 2.09. The van der Waals surface area contributed by atoms with E-state index < -0.39 is 0 Å². The van der Waals surface area contributed by atoms with E-state index in [9.17, 15) is 4.79 Å². The second-order valence-electron chi connectivity index (χ2n) is 4.09. The first-order chi connectivity index (χ1) is 8.83. The predicted octanol–water partition coefficient (Wildman–Crippen LogP) is 1.06. The van der Waals surface area contributed by atoms with Crippen molar-refractivity contribution in [1.29, 1.82) is 0 Å². The summed E-state index contributed by atoms with van der Waals surface area (Å²) < 4.78 is 1.70. The van der Waals surface area contributed by atoms with E-state index in [2.05, 4.69) is 22.7 Å². The van der Waals surface area contributed by atoms with Crippen molar-refractivity contribution >= 4 is 11.4 Å². The lowest BCUT2D eigenvalue weighted by atomic mass is 10.2. The molecule has 96 valence electrons. The summed E-state index contributed by atoms with van der Waals surface area (Å²) in [6.45, 7) is 4.51. The number of pyridine rings is 1. The van der Waals surface area contributed by atoms with E-state index in [1.165, 1.54) is 0 Å². The third-order valence-corrected chi connectivity index (χ3v) is 2.69. The number of hydrogen-bond donors (Lipinski definition) is 2. The van der Waals surface area contributed by atoms with Gasteiger partial charge in [0.15, 0.2) is 0 Å². The van der Waals surface area contributed by atoms with Gasteiger partial charge in [-0.15, -0.1) is 0 Å². The summed E-state index contributed by atoms with van der Waals surface area (Å²) in [6.07, 6.45) is 4.53. The van der Waals surface area contributed by atoms with E-state index in [0.29, 0.717) is 12.1 Å². The minimum absolute atomic E-state index is 0.0745. The largest absolute Gasteiger partial charge is 0.351 e. The van der Waals surface area contributed by atoms with Crippen LogP contribution in [0.1, 0.15) is 23.7 Å². The van der Waals surface area contributed by atoms with Gasteiger partial charge in [0.25, 0.3) is 5.91 Å². The van der Waals surface area contributed by atoms with Gasteiger partial charge in [-0.1, -0.05) is 13.0 Å². The van der Waals surface area contributed by atoms with Crippen LogP contribution in [0.3, 0.4) is 0 Å². The Bertz CT molecular complexity index is 520. The lowest BCUT2D eigenvalue weighted by Gasteiger charge is -2.05. The average molecular weight is 246 g/mol. The van der Waals surface area contributed by atoms with Crippen molar-refractivity contribution in [3.8, 4) is 0 Å². The molecule has 0 aliphatic heterocycles. The van der Waals surface area contributed by atoms with Gasteiger partial charge in [-0.2, -0.15) is 5.10 Å². The molecule has 2 rings (SSSR count). The Morgan fingerprint density at radius 3 is 3.06 bits per heavy atom. The number of carbonyl (C=O) groups is 1. The van der Waals surface area contributed by atoms with Gasteiger partial charge in [0.1, 0.15) is 0 Å². The second-order valence-corrected chi connectivity index (χ2v) is 4.09. The maximum atomic E-state index is 12.0. The fraction of sp³-hybridized carbons (Fsp3) is 0.385. The first-order valence-electron chi connectivity index (χ1n) is 6.24. The summed E-state index contributed by atoms with van der Waals surface area (Å²) in [4.78, 5) is 12.0. The Balaban J connectivity index is 1.93. The number of hydrogen-bond acceptors (Lipinski definition) is 3. The molecule has 2 aromatic heterocycles. The number of nitrogens with one attached hydrogen (secondary N) is 2. The number of carbonyl (C=O) groups excluding carboxylic acids is 1. The Morgan fingerprint density at radius 2 is 2.22 bits per heavy atom. The van der Waals surface area contributed by atoms with Gasteiger partial charge in [0, 0.05) is 19.3 Å². The van der Waals surface area contributed by atoms with Crippen LogP contribution in [0.15, 0.2) is 30.6 Å². The van der Waals surface area contributed by atoms with Crippen molar-refractivity contribution in [2.24, 2.45) is 0 Å². The van der Waals surface area contributed by atoms with Gasteiger partial charge < -0.3 is 10.6 Å². The van der Waals surface area contributed by atoms with Crippen LogP contribution in [0.5, 0.6) is 0 Å². The molecule has 0 atom stereocenters. The molecule has 2 aromatic rings. The number of amides is 1. The van der Waals surface area contributed by atoms with Crippen LogP contribution in [-0.2, 0) is 0 Å². The molecule has 0 bridgehead atoms. The maximum absolute atomic E-state index is 12.0. The first-order valence-corrected chi connectivity index (χ1v) is 6.24. The molecule has 18 heavy (non-hydrogen) atoms. The SMILES string of the molecule is CCCNCCNC(=O)c1cnn2ccccc12. The molecule has 5 nitrogen and oxygen atoms in total. The zero-order chi connectivity index (χ0) is 12.8. The molecule has 0 spiro atoms. The summed E-state index contributed by atoms with van der Waals surface area (Å²) in [5.41, 5.74) is 1.45. The van der Waals surface area contributed by atoms with Gasteiger partial charge in [0.05, 0.1) is 17.3 Å². The number of nitrogens with zero attached hydrogens (tertiary/aromatic N) is 2. The van der Waals surface area contributed by atoms with Crippen molar-refractivity contribution in [2.45, 2.75) is 13.3 Å². The van der Waals surface area contributed by atoms with Crippen LogP contribution in [0.2, 0.25) is 0 Å². The molecule has 0 aliphatic rings. The van der Waals surface area contributed by atoms with Crippen LogP contribution in [-0.4, -0.2) is 35.2 Å². The normalized spacial score (nSPS) is 10.7. The molecule has 0 aliphatic carbocycles. The topological polar surface area (TPSA) is 58.4 Å². The first kappa shape index (κ1) is 12.6.